The van der Waals surface area contributed by atoms with Gasteiger partial charge in [-0.2, -0.15) is 15.8 Å². The number of imidazole rings is 2. The van der Waals surface area contributed by atoms with E-state index in [-0.39, 0.29) is 12.1 Å². The van der Waals surface area contributed by atoms with E-state index in [4.69, 9.17) is 25.3 Å². The molecular formula is C27H21N7O2. The van der Waals surface area contributed by atoms with Gasteiger partial charge in [0, 0.05) is 0 Å². The third kappa shape index (κ3) is 4.47. The van der Waals surface area contributed by atoms with Crippen molar-refractivity contribution in [3.63, 3.8) is 0 Å². The Morgan fingerprint density at radius 2 is 1.25 bits per heavy atom. The molecule has 2 atom stereocenters. The summed E-state index contributed by atoms with van der Waals surface area (Å²) in [5.74, 6) is 0. The van der Waals surface area contributed by atoms with Gasteiger partial charge < -0.3 is 18.6 Å². The Balaban J connectivity index is 0.000000149. The van der Waals surface area contributed by atoms with Crippen LogP contribution in [0.1, 0.15) is 51.3 Å². The van der Waals surface area contributed by atoms with Gasteiger partial charge in [0.1, 0.15) is 12.1 Å². The number of aromatic nitrogens is 4. The minimum atomic E-state index is 0.00564. The molecule has 0 bridgehead atoms. The molecule has 0 amide bonds. The van der Waals surface area contributed by atoms with Gasteiger partial charge in [-0.25, -0.2) is 9.97 Å². The first-order valence-corrected chi connectivity index (χ1v) is 11.3. The smallest absolute Gasteiger partial charge is 0.101 e. The molecule has 0 spiro atoms. The van der Waals surface area contributed by atoms with E-state index in [0.29, 0.717) is 43.1 Å². The van der Waals surface area contributed by atoms with Crippen LogP contribution in [0, 0.1) is 34.0 Å². The second-order valence-electron chi connectivity index (χ2n) is 8.41. The van der Waals surface area contributed by atoms with E-state index in [9.17, 15) is 0 Å². The first kappa shape index (κ1) is 23.0. The van der Waals surface area contributed by atoms with Crippen LogP contribution in [-0.2, 0) is 22.7 Å². The van der Waals surface area contributed by atoms with Gasteiger partial charge in [0.05, 0.1) is 97.7 Å². The van der Waals surface area contributed by atoms with E-state index in [1.165, 1.54) is 0 Å². The van der Waals surface area contributed by atoms with Crippen molar-refractivity contribution in [2.24, 2.45) is 0 Å². The van der Waals surface area contributed by atoms with Crippen molar-refractivity contribution in [3.05, 3.63) is 107 Å². The van der Waals surface area contributed by atoms with Gasteiger partial charge in [0.15, 0.2) is 0 Å². The zero-order chi connectivity index (χ0) is 24.9. The normalized spacial score (nSPS) is 17.8. The lowest BCUT2D eigenvalue weighted by Gasteiger charge is -2.26. The average molecular weight is 476 g/mol. The van der Waals surface area contributed by atoms with Crippen molar-refractivity contribution in [2.45, 2.75) is 25.3 Å². The summed E-state index contributed by atoms with van der Waals surface area (Å²) in [4.78, 5) is 8.27. The van der Waals surface area contributed by atoms with E-state index < -0.39 is 0 Å². The molecule has 0 aliphatic carbocycles. The number of fused-ring (bicyclic) bond motifs is 2. The molecule has 0 saturated carbocycles. The summed E-state index contributed by atoms with van der Waals surface area (Å²) in [7, 11) is 0. The van der Waals surface area contributed by atoms with Crippen LogP contribution in [0.4, 0.5) is 0 Å². The van der Waals surface area contributed by atoms with Crippen LogP contribution in [0.5, 0.6) is 0 Å². The van der Waals surface area contributed by atoms with Crippen LogP contribution in [0.15, 0.2) is 67.5 Å². The standard InChI is InChI=1S/C14H10N4O.C13H11N3O/c15-4-11-2-1-10(3-12(11)5-16)14-8-19-7-13-6-17-9-18(13)14;14-5-10-1-3-11(4-2-10)13-8-17-7-12-6-15-9-16(12)13/h1-3,6,9,14H,7-8H2;1-4,6,9,13H,7-8H2. The summed E-state index contributed by atoms with van der Waals surface area (Å²) in [5, 5.41) is 26.8. The summed E-state index contributed by atoms with van der Waals surface area (Å²) < 4.78 is 15.3. The second kappa shape index (κ2) is 10.2. The minimum absolute atomic E-state index is 0.00564. The van der Waals surface area contributed by atoms with Crippen molar-refractivity contribution in [1.29, 1.82) is 15.8 Å². The van der Waals surface area contributed by atoms with E-state index in [0.717, 1.165) is 22.5 Å². The van der Waals surface area contributed by atoms with Crippen molar-refractivity contribution in [3.8, 4) is 18.2 Å². The highest BCUT2D eigenvalue weighted by Crippen LogP contribution is 2.27. The van der Waals surface area contributed by atoms with Crippen molar-refractivity contribution >= 4 is 0 Å². The molecule has 2 unspecified atom stereocenters. The molecule has 6 rings (SSSR count). The third-order valence-corrected chi connectivity index (χ3v) is 6.31. The minimum Gasteiger partial charge on any atom is -0.373 e. The van der Waals surface area contributed by atoms with Crippen LogP contribution in [-0.4, -0.2) is 32.3 Å². The first-order valence-electron chi connectivity index (χ1n) is 11.3. The van der Waals surface area contributed by atoms with Crippen LogP contribution < -0.4 is 0 Å². The highest BCUT2D eigenvalue weighted by atomic mass is 16.5. The molecule has 0 radical (unpaired) electrons. The van der Waals surface area contributed by atoms with E-state index >= 15 is 0 Å². The molecule has 2 aromatic carbocycles. The molecule has 36 heavy (non-hydrogen) atoms. The topological polar surface area (TPSA) is 125 Å². The molecular weight excluding hydrogens is 454 g/mol. The SMILES string of the molecule is N#Cc1ccc(C2COCc3cncn32)cc1.N#Cc1ccc(C2COCc3cncn32)cc1C#N. The van der Waals surface area contributed by atoms with E-state index in [1.54, 1.807) is 24.7 Å². The van der Waals surface area contributed by atoms with Gasteiger partial charge in [-0.05, 0) is 35.4 Å². The van der Waals surface area contributed by atoms with Crippen LogP contribution in [0.3, 0.4) is 0 Å². The van der Waals surface area contributed by atoms with Crippen molar-refractivity contribution < 1.29 is 9.47 Å². The fraction of sp³-hybridized carbons (Fsp3) is 0.222. The lowest BCUT2D eigenvalue weighted by molar-refractivity contribution is 0.0695. The average Bonchev–Trinajstić information content (AvgIpc) is 3.62. The number of ether oxygens (including phenoxy) is 2. The molecule has 176 valence electrons. The van der Waals surface area contributed by atoms with Crippen LogP contribution >= 0.6 is 0 Å². The largest absolute Gasteiger partial charge is 0.373 e. The molecule has 4 aromatic rings. The number of nitriles is 3. The van der Waals surface area contributed by atoms with Crippen molar-refractivity contribution in [1.82, 2.24) is 19.1 Å². The predicted molar refractivity (Wildman–Crippen MR) is 127 cm³/mol. The summed E-state index contributed by atoms with van der Waals surface area (Å²) in [6.45, 7) is 2.36. The molecule has 2 aromatic heterocycles. The molecule has 0 fully saturated rings. The van der Waals surface area contributed by atoms with Crippen LogP contribution in [0.2, 0.25) is 0 Å². The molecule has 0 saturated heterocycles. The van der Waals surface area contributed by atoms with Gasteiger partial charge in [-0.3, -0.25) is 0 Å². The fourth-order valence-corrected chi connectivity index (χ4v) is 4.41. The maximum atomic E-state index is 9.08. The fourth-order valence-electron chi connectivity index (χ4n) is 4.41. The highest BCUT2D eigenvalue weighted by molar-refractivity contribution is 5.48. The Hall–Kier alpha value is -4.75. The third-order valence-electron chi connectivity index (χ3n) is 6.31. The summed E-state index contributed by atoms with van der Waals surface area (Å²) >= 11 is 0. The monoisotopic (exact) mass is 475 g/mol. The number of nitrogens with zero attached hydrogens (tertiary/aromatic N) is 7. The van der Waals surface area contributed by atoms with Gasteiger partial charge in [-0.15, -0.1) is 0 Å². The Kier molecular flexibility index (Phi) is 6.55. The molecule has 2 aliphatic heterocycles. The quantitative estimate of drug-likeness (QED) is 0.433. The van der Waals surface area contributed by atoms with Gasteiger partial charge in [0.2, 0.25) is 0 Å². The Morgan fingerprint density at radius 1 is 0.694 bits per heavy atom. The van der Waals surface area contributed by atoms with Gasteiger partial charge in [-0.1, -0.05) is 18.2 Å². The van der Waals surface area contributed by atoms with Gasteiger partial charge in [0.25, 0.3) is 0 Å². The maximum absolute atomic E-state index is 9.08. The van der Waals surface area contributed by atoms with E-state index in [2.05, 4.69) is 26.7 Å². The maximum Gasteiger partial charge on any atom is 0.101 e. The number of hydrogen-bond acceptors (Lipinski definition) is 7. The van der Waals surface area contributed by atoms with E-state index in [1.807, 2.05) is 53.5 Å². The predicted octanol–water partition coefficient (Wildman–Crippen LogP) is 3.62. The van der Waals surface area contributed by atoms with Gasteiger partial charge >= 0.3 is 0 Å². The zero-order valence-corrected chi connectivity index (χ0v) is 19.3. The Bertz CT molecular complexity index is 1500. The summed E-state index contributed by atoms with van der Waals surface area (Å²) in [5.41, 5.74) is 5.67. The number of benzene rings is 2. The number of rotatable bonds is 2. The first-order chi connectivity index (χ1) is 17.7. The Morgan fingerprint density at radius 3 is 1.81 bits per heavy atom. The molecule has 0 N–H and O–H groups in total. The summed E-state index contributed by atoms with van der Waals surface area (Å²) in [6.07, 6.45) is 7.21. The number of hydrogen-bond donors (Lipinski definition) is 0. The Labute approximate surface area is 208 Å². The second-order valence-corrected chi connectivity index (χ2v) is 8.41. The van der Waals surface area contributed by atoms with Crippen LogP contribution in [0.25, 0.3) is 0 Å². The highest BCUT2D eigenvalue weighted by Gasteiger charge is 2.23. The summed E-state index contributed by atoms with van der Waals surface area (Å²) in [6, 6.07) is 19.3. The molecule has 9 heteroatoms. The zero-order valence-electron chi connectivity index (χ0n) is 19.3. The molecule has 4 heterocycles. The molecule has 2 aliphatic rings. The lowest BCUT2D eigenvalue weighted by atomic mass is 10.00. The van der Waals surface area contributed by atoms with Crippen molar-refractivity contribution in [2.75, 3.05) is 13.2 Å². The molecule has 9 nitrogen and oxygen atoms in total. The lowest BCUT2D eigenvalue weighted by Crippen LogP contribution is -2.23.